The van der Waals surface area contributed by atoms with Gasteiger partial charge in [-0.25, -0.2) is 27.5 Å². The van der Waals surface area contributed by atoms with Crippen LogP contribution in [0.25, 0.3) is 0 Å². The van der Waals surface area contributed by atoms with Crippen molar-refractivity contribution in [3.63, 3.8) is 0 Å². The number of rotatable bonds is 6. The molecule has 1 aliphatic rings. The fourth-order valence-corrected chi connectivity index (χ4v) is 4.17. The number of halogens is 9. The number of hydrogen-bond acceptors (Lipinski definition) is 4. The standard InChI is InChI=1S/C20H17Cl2F7N4O/c1-2-12(34)30-6-9-7-31-18(32-16(9)17(25)26)33-4-3-19(8-33,20(27,28)29)10-5-11(21)15(24)13(22)14(10)23/h5,7,17H,2-4,6,8H2,1H3,(H,30,34). The molecule has 5 nitrogen and oxygen atoms in total. The molecule has 1 N–H and O–H groups in total. The molecule has 14 heteroatoms. The predicted octanol–water partition coefficient (Wildman–Crippen LogP) is 5.74. The van der Waals surface area contributed by atoms with E-state index in [1.807, 2.05) is 0 Å². The van der Waals surface area contributed by atoms with Gasteiger partial charge in [0, 0.05) is 43.4 Å². The number of anilines is 1. The third kappa shape index (κ3) is 4.74. The lowest BCUT2D eigenvalue weighted by molar-refractivity contribution is -0.185. The lowest BCUT2D eigenvalue weighted by Crippen LogP contribution is -2.45. The minimum atomic E-state index is -5.04. The summed E-state index contributed by atoms with van der Waals surface area (Å²) in [6, 6.07) is 0.528. The summed E-state index contributed by atoms with van der Waals surface area (Å²) in [6.45, 7) is -0.0507. The highest BCUT2D eigenvalue weighted by Gasteiger charge is 2.61. The van der Waals surface area contributed by atoms with Crippen LogP contribution in [0.3, 0.4) is 0 Å². The molecule has 2 aromatic rings. The summed E-state index contributed by atoms with van der Waals surface area (Å²) in [5, 5.41) is 0.422. The van der Waals surface area contributed by atoms with E-state index in [0.717, 1.165) is 11.1 Å². The number of nitrogens with one attached hydrogen (secondary N) is 1. The van der Waals surface area contributed by atoms with Crippen molar-refractivity contribution in [2.75, 3.05) is 18.0 Å². The summed E-state index contributed by atoms with van der Waals surface area (Å²) >= 11 is 11.1. The Balaban J connectivity index is 2.00. The minimum Gasteiger partial charge on any atom is -0.352 e. The van der Waals surface area contributed by atoms with E-state index in [9.17, 15) is 35.5 Å². The molecule has 0 bridgehead atoms. The van der Waals surface area contributed by atoms with Crippen molar-refractivity contribution in [1.82, 2.24) is 15.3 Å². The molecule has 0 radical (unpaired) electrons. The maximum Gasteiger partial charge on any atom is 0.400 e. The third-order valence-electron chi connectivity index (χ3n) is 5.60. The van der Waals surface area contributed by atoms with Gasteiger partial charge in [-0.1, -0.05) is 30.1 Å². The fourth-order valence-electron chi connectivity index (χ4n) is 3.71. The molecule has 1 fully saturated rings. The maximum absolute atomic E-state index is 14.7. The zero-order valence-corrected chi connectivity index (χ0v) is 18.9. The first-order chi connectivity index (χ1) is 15.8. The Bertz CT molecular complexity index is 1100. The number of carbonyl (C=O) groups excluding carboxylic acids is 1. The van der Waals surface area contributed by atoms with Crippen LogP contribution in [0.5, 0.6) is 0 Å². The molecule has 1 unspecified atom stereocenters. The van der Waals surface area contributed by atoms with Crippen LogP contribution in [0.1, 0.15) is 43.0 Å². The molecule has 1 atom stereocenters. The number of hydrogen-bond donors (Lipinski definition) is 1. The van der Waals surface area contributed by atoms with Crippen molar-refractivity contribution in [3.05, 3.63) is 50.8 Å². The van der Waals surface area contributed by atoms with Gasteiger partial charge in [0.25, 0.3) is 6.43 Å². The smallest absolute Gasteiger partial charge is 0.352 e. The van der Waals surface area contributed by atoms with Crippen molar-refractivity contribution in [1.29, 1.82) is 0 Å². The summed E-state index contributed by atoms with van der Waals surface area (Å²) in [6.07, 6.45) is -7.75. The Morgan fingerprint density at radius 2 is 1.94 bits per heavy atom. The number of amides is 1. The summed E-state index contributed by atoms with van der Waals surface area (Å²) in [7, 11) is 0. The van der Waals surface area contributed by atoms with Gasteiger partial charge in [-0.3, -0.25) is 4.79 Å². The van der Waals surface area contributed by atoms with E-state index in [4.69, 9.17) is 23.2 Å². The van der Waals surface area contributed by atoms with E-state index in [1.165, 1.54) is 0 Å². The molecule has 2 heterocycles. The van der Waals surface area contributed by atoms with Crippen LogP contribution < -0.4 is 10.2 Å². The van der Waals surface area contributed by atoms with E-state index < -0.39 is 75.8 Å². The highest BCUT2D eigenvalue weighted by Crippen LogP contribution is 2.50. The molecule has 0 spiro atoms. The number of nitrogens with zero attached hydrogens (tertiary/aromatic N) is 3. The van der Waals surface area contributed by atoms with E-state index in [2.05, 4.69) is 15.3 Å². The molecule has 1 aromatic carbocycles. The van der Waals surface area contributed by atoms with Crippen molar-refractivity contribution in [2.24, 2.45) is 0 Å². The topological polar surface area (TPSA) is 58.1 Å². The zero-order chi connectivity index (χ0) is 25.4. The van der Waals surface area contributed by atoms with Crippen LogP contribution in [0.4, 0.5) is 36.7 Å². The van der Waals surface area contributed by atoms with E-state index in [0.29, 0.717) is 6.07 Å². The minimum absolute atomic E-state index is 0.107. The number of benzene rings is 1. The Morgan fingerprint density at radius 1 is 1.26 bits per heavy atom. The molecule has 1 aromatic heterocycles. The fraction of sp³-hybridized carbons (Fsp3) is 0.450. The highest BCUT2D eigenvalue weighted by molar-refractivity contribution is 6.35. The van der Waals surface area contributed by atoms with Gasteiger partial charge in [0.15, 0.2) is 5.82 Å². The van der Waals surface area contributed by atoms with Gasteiger partial charge in [-0.05, 0) is 12.5 Å². The first kappa shape index (κ1) is 26.3. The number of carbonyl (C=O) groups is 1. The molecule has 1 amide bonds. The zero-order valence-electron chi connectivity index (χ0n) is 17.4. The molecule has 3 rings (SSSR count). The van der Waals surface area contributed by atoms with Gasteiger partial charge >= 0.3 is 6.18 Å². The SMILES string of the molecule is CCC(=O)NCc1cnc(N2CCC(c3cc(Cl)c(F)c(Cl)c3F)(C(F)(F)F)C2)nc1C(F)F. The highest BCUT2D eigenvalue weighted by atomic mass is 35.5. The Labute approximate surface area is 199 Å². The summed E-state index contributed by atoms with van der Waals surface area (Å²) in [5.41, 5.74) is -4.71. The largest absolute Gasteiger partial charge is 0.400 e. The first-order valence-electron chi connectivity index (χ1n) is 9.88. The number of alkyl halides is 5. The Kier molecular flexibility index (Phi) is 7.51. The molecule has 34 heavy (non-hydrogen) atoms. The summed E-state index contributed by atoms with van der Waals surface area (Å²) in [4.78, 5) is 20.0. The average molecular weight is 533 g/mol. The van der Waals surface area contributed by atoms with E-state index in [-0.39, 0.29) is 25.1 Å². The van der Waals surface area contributed by atoms with Crippen LogP contribution in [0, 0.1) is 11.6 Å². The molecule has 1 aliphatic heterocycles. The van der Waals surface area contributed by atoms with Crippen molar-refractivity contribution in [3.8, 4) is 0 Å². The second kappa shape index (κ2) is 9.73. The van der Waals surface area contributed by atoms with Gasteiger partial charge in [0.1, 0.15) is 21.9 Å². The van der Waals surface area contributed by atoms with Gasteiger partial charge in [-0.2, -0.15) is 13.2 Å². The van der Waals surface area contributed by atoms with Crippen molar-refractivity contribution in [2.45, 2.75) is 44.3 Å². The van der Waals surface area contributed by atoms with Gasteiger partial charge in [0.05, 0.1) is 5.02 Å². The molecule has 0 aliphatic carbocycles. The molecule has 1 saturated heterocycles. The summed E-state index contributed by atoms with van der Waals surface area (Å²) < 4.78 is 98.4. The van der Waals surface area contributed by atoms with Crippen LogP contribution in [0.15, 0.2) is 12.3 Å². The third-order valence-corrected chi connectivity index (χ3v) is 6.21. The van der Waals surface area contributed by atoms with Crippen molar-refractivity contribution >= 4 is 35.1 Å². The molecular formula is C20H17Cl2F7N4O. The normalized spacial score (nSPS) is 18.6. The van der Waals surface area contributed by atoms with Gasteiger partial charge in [0.2, 0.25) is 11.9 Å². The van der Waals surface area contributed by atoms with E-state index in [1.54, 1.807) is 6.92 Å². The van der Waals surface area contributed by atoms with Crippen LogP contribution >= 0.6 is 23.2 Å². The monoisotopic (exact) mass is 532 g/mol. The van der Waals surface area contributed by atoms with E-state index >= 15 is 0 Å². The predicted molar refractivity (Wildman–Crippen MR) is 110 cm³/mol. The second-order valence-corrected chi connectivity index (χ2v) is 8.40. The second-order valence-electron chi connectivity index (χ2n) is 7.61. The van der Waals surface area contributed by atoms with Crippen molar-refractivity contribution < 1.29 is 35.5 Å². The molecule has 186 valence electrons. The Morgan fingerprint density at radius 3 is 2.53 bits per heavy atom. The average Bonchev–Trinajstić information content (AvgIpc) is 3.25. The van der Waals surface area contributed by atoms with Gasteiger partial charge in [-0.15, -0.1) is 0 Å². The molecular weight excluding hydrogens is 516 g/mol. The van der Waals surface area contributed by atoms with Crippen LogP contribution in [0.2, 0.25) is 10.0 Å². The maximum atomic E-state index is 14.7. The quantitative estimate of drug-likeness (QED) is 0.293. The first-order valence-corrected chi connectivity index (χ1v) is 10.6. The van der Waals surface area contributed by atoms with Crippen LogP contribution in [-0.4, -0.2) is 35.1 Å². The summed E-state index contributed by atoms with van der Waals surface area (Å²) in [5.74, 6) is -3.85. The lowest BCUT2D eigenvalue weighted by Gasteiger charge is -2.33. The lowest BCUT2D eigenvalue weighted by atomic mass is 9.78. The van der Waals surface area contributed by atoms with Gasteiger partial charge < -0.3 is 10.2 Å². The van der Waals surface area contributed by atoms with Crippen LogP contribution in [-0.2, 0) is 16.8 Å². The Hall–Kier alpha value is -2.34. The number of aromatic nitrogens is 2. The molecule has 0 saturated carbocycles.